The second kappa shape index (κ2) is 3.89. The molecule has 15 heavy (non-hydrogen) atoms. The van der Waals surface area contributed by atoms with Crippen LogP contribution in [0.3, 0.4) is 0 Å². The summed E-state index contributed by atoms with van der Waals surface area (Å²) >= 11 is 0. The fourth-order valence-corrected chi connectivity index (χ4v) is 1.15. The summed E-state index contributed by atoms with van der Waals surface area (Å²) in [4.78, 5) is 12.0. The summed E-state index contributed by atoms with van der Waals surface area (Å²) in [6.45, 7) is 15.6. The average molecular weight is 214 g/mol. The number of Topliss-reactive ketones (excluding diaryl/α,β-unsaturated/α-hetero) is 1. The van der Waals surface area contributed by atoms with Crippen LogP contribution in [0.15, 0.2) is 0 Å². The van der Waals surface area contributed by atoms with Crippen LogP contribution in [-0.2, 0) is 4.79 Å². The second-order valence-electron chi connectivity index (χ2n) is 6.99. The van der Waals surface area contributed by atoms with Crippen LogP contribution in [0.25, 0.3) is 0 Å². The number of aliphatic hydroxyl groups is 1. The minimum Gasteiger partial charge on any atom is -0.385 e. The Morgan fingerprint density at radius 3 is 1.47 bits per heavy atom. The van der Waals surface area contributed by atoms with E-state index in [0.29, 0.717) is 0 Å². The summed E-state index contributed by atoms with van der Waals surface area (Å²) < 4.78 is 0. The van der Waals surface area contributed by atoms with Crippen molar-refractivity contribution in [2.45, 2.75) is 61.5 Å². The third-order valence-corrected chi connectivity index (χ3v) is 3.60. The zero-order valence-corrected chi connectivity index (χ0v) is 11.4. The molecule has 0 rings (SSSR count). The Kier molecular flexibility index (Phi) is 3.80. The summed E-state index contributed by atoms with van der Waals surface area (Å²) in [5.74, 6) is -0.0811. The maximum absolute atomic E-state index is 12.0. The average Bonchev–Trinajstić information content (AvgIpc) is 1.97. The zero-order valence-electron chi connectivity index (χ0n) is 11.4. The molecule has 1 N–H and O–H groups in total. The fourth-order valence-electron chi connectivity index (χ4n) is 1.15. The van der Waals surface area contributed by atoms with Gasteiger partial charge in [-0.2, -0.15) is 0 Å². The van der Waals surface area contributed by atoms with E-state index in [-0.39, 0.29) is 11.2 Å². The Hall–Kier alpha value is -0.370. The van der Waals surface area contributed by atoms with Gasteiger partial charge in [-0.3, -0.25) is 4.79 Å². The summed E-state index contributed by atoms with van der Waals surface area (Å²) in [7, 11) is 0. The standard InChI is InChI=1S/C13H26O2/c1-11(2,3)9(14)10(15)13(7,8)12(4,5)6/h10,15H,1-8H3. The van der Waals surface area contributed by atoms with Crippen molar-refractivity contribution < 1.29 is 9.90 Å². The van der Waals surface area contributed by atoms with E-state index in [0.717, 1.165) is 0 Å². The van der Waals surface area contributed by atoms with E-state index in [1.165, 1.54) is 0 Å². The van der Waals surface area contributed by atoms with Crippen molar-refractivity contribution >= 4 is 5.78 Å². The van der Waals surface area contributed by atoms with E-state index >= 15 is 0 Å². The number of ketones is 1. The molecule has 0 amide bonds. The maximum atomic E-state index is 12.0. The summed E-state index contributed by atoms with van der Waals surface area (Å²) in [5.41, 5.74) is -1.01. The van der Waals surface area contributed by atoms with Crippen molar-refractivity contribution in [1.29, 1.82) is 0 Å². The van der Waals surface area contributed by atoms with Crippen LogP contribution in [0, 0.1) is 16.2 Å². The lowest BCUT2D eigenvalue weighted by atomic mass is 9.63. The van der Waals surface area contributed by atoms with Crippen LogP contribution in [0.1, 0.15) is 55.4 Å². The molecular weight excluding hydrogens is 188 g/mol. The molecule has 1 atom stereocenters. The van der Waals surface area contributed by atoms with Crippen LogP contribution in [-0.4, -0.2) is 17.0 Å². The Balaban J connectivity index is 5.03. The number of carbonyl (C=O) groups is 1. The molecule has 0 radical (unpaired) electrons. The molecule has 2 nitrogen and oxygen atoms in total. The molecule has 0 bridgehead atoms. The van der Waals surface area contributed by atoms with Gasteiger partial charge in [0.25, 0.3) is 0 Å². The van der Waals surface area contributed by atoms with Gasteiger partial charge >= 0.3 is 0 Å². The number of rotatable bonds is 2. The molecule has 0 fully saturated rings. The molecule has 90 valence electrons. The highest BCUT2D eigenvalue weighted by molar-refractivity contribution is 5.88. The second-order valence-corrected chi connectivity index (χ2v) is 6.99. The van der Waals surface area contributed by atoms with Gasteiger partial charge in [0.2, 0.25) is 0 Å². The first kappa shape index (κ1) is 14.6. The molecule has 1 unspecified atom stereocenters. The first-order chi connectivity index (χ1) is 6.32. The number of hydrogen-bond donors (Lipinski definition) is 1. The van der Waals surface area contributed by atoms with Gasteiger partial charge in [0.05, 0.1) is 0 Å². The molecule has 0 aromatic carbocycles. The quantitative estimate of drug-likeness (QED) is 0.767. The third kappa shape index (κ3) is 3.04. The van der Waals surface area contributed by atoms with E-state index in [1.54, 1.807) is 0 Å². The molecule has 0 aliphatic heterocycles. The first-order valence-electron chi connectivity index (χ1n) is 5.54. The van der Waals surface area contributed by atoms with Gasteiger partial charge in [-0.05, 0) is 5.41 Å². The molecule has 0 aromatic rings. The predicted molar refractivity (Wildman–Crippen MR) is 63.7 cm³/mol. The molecule has 0 heterocycles. The number of carbonyl (C=O) groups excluding carboxylic acids is 1. The van der Waals surface area contributed by atoms with E-state index < -0.39 is 16.9 Å². The largest absolute Gasteiger partial charge is 0.385 e. The Morgan fingerprint density at radius 2 is 1.27 bits per heavy atom. The van der Waals surface area contributed by atoms with Crippen LogP contribution >= 0.6 is 0 Å². The molecule has 2 heteroatoms. The highest BCUT2D eigenvalue weighted by Crippen LogP contribution is 2.42. The van der Waals surface area contributed by atoms with Crippen molar-refractivity contribution in [3.8, 4) is 0 Å². The van der Waals surface area contributed by atoms with Gasteiger partial charge < -0.3 is 5.11 Å². The highest BCUT2D eigenvalue weighted by Gasteiger charge is 2.45. The Morgan fingerprint density at radius 1 is 0.933 bits per heavy atom. The van der Waals surface area contributed by atoms with Gasteiger partial charge in [0.15, 0.2) is 5.78 Å². The predicted octanol–water partition coefficient (Wildman–Crippen LogP) is 3.03. The lowest BCUT2D eigenvalue weighted by Crippen LogP contribution is -2.48. The highest BCUT2D eigenvalue weighted by atomic mass is 16.3. The van der Waals surface area contributed by atoms with Crippen LogP contribution in [0.4, 0.5) is 0 Å². The Labute approximate surface area is 94.1 Å². The first-order valence-corrected chi connectivity index (χ1v) is 5.54. The minimum atomic E-state index is -0.905. The van der Waals surface area contributed by atoms with E-state index in [2.05, 4.69) is 0 Å². The SMILES string of the molecule is CC(C)(C)C(=O)C(O)C(C)(C)C(C)(C)C. The lowest BCUT2D eigenvalue weighted by Gasteiger charge is -2.43. The molecule has 0 saturated carbocycles. The van der Waals surface area contributed by atoms with Crippen molar-refractivity contribution in [2.75, 3.05) is 0 Å². The monoisotopic (exact) mass is 214 g/mol. The van der Waals surface area contributed by atoms with Gasteiger partial charge in [-0.1, -0.05) is 55.4 Å². The maximum Gasteiger partial charge on any atom is 0.167 e. The molecule has 0 aliphatic carbocycles. The summed E-state index contributed by atoms with van der Waals surface area (Å²) in [6, 6.07) is 0. The van der Waals surface area contributed by atoms with Crippen molar-refractivity contribution in [3.05, 3.63) is 0 Å². The third-order valence-electron chi connectivity index (χ3n) is 3.60. The molecule has 0 aliphatic rings. The van der Waals surface area contributed by atoms with E-state index in [9.17, 15) is 9.90 Å². The number of aliphatic hydroxyl groups excluding tert-OH is 1. The van der Waals surface area contributed by atoms with Gasteiger partial charge in [0, 0.05) is 10.8 Å². The minimum absolute atomic E-state index is 0.0811. The van der Waals surface area contributed by atoms with Crippen LogP contribution < -0.4 is 0 Å². The fraction of sp³-hybridized carbons (Fsp3) is 0.923. The topological polar surface area (TPSA) is 37.3 Å². The lowest BCUT2D eigenvalue weighted by molar-refractivity contribution is -0.146. The van der Waals surface area contributed by atoms with Crippen molar-refractivity contribution in [2.24, 2.45) is 16.2 Å². The Bertz CT molecular complexity index is 238. The van der Waals surface area contributed by atoms with E-state index in [1.807, 2.05) is 55.4 Å². The number of hydrogen-bond acceptors (Lipinski definition) is 2. The van der Waals surface area contributed by atoms with Gasteiger partial charge in [-0.15, -0.1) is 0 Å². The molecule has 0 aromatic heterocycles. The van der Waals surface area contributed by atoms with Gasteiger partial charge in [0.1, 0.15) is 6.10 Å². The van der Waals surface area contributed by atoms with Crippen molar-refractivity contribution in [3.63, 3.8) is 0 Å². The molecule has 0 saturated heterocycles. The summed E-state index contributed by atoms with van der Waals surface area (Å²) in [5, 5.41) is 10.2. The van der Waals surface area contributed by atoms with Crippen LogP contribution in [0.2, 0.25) is 0 Å². The normalized spacial score (nSPS) is 16.3. The van der Waals surface area contributed by atoms with Gasteiger partial charge in [-0.25, -0.2) is 0 Å². The van der Waals surface area contributed by atoms with Crippen LogP contribution in [0.5, 0.6) is 0 Å². The van der Waals surface area contributed by atoms with Crippen molar-refractivity contribution in [1.82, 2.24) is 0 Å². The molecule has 0 spiro atoms. The smallest absolute Gasteiger partial charge is 0.167 e. The zero-order chi connectivity index (χ0) is 12.7. The molecular formula is C13H26O2. The summed E-state index contributed by atoms with van der Waals surface area (Å²) in [6.07, 6.45) is -0.905. The van der Waals surface area contributed by atoms with E-state index in [4.69, 9.17) is 0 Å².